The summed E-state index contributed by atoms with van der Waals surface area (Å²) in [5, 5.41) is 6.48. The fourth-order valence-corrected chi connectivity index (χ4v) is 2.62. The Labute approximate surface area is 122 Å². The van der Waals surface area contributed by atoms with Gasteiger partial charge in [0.05, 0.1) is 6.04 Å². The van der Waals surface area contributed by atoms with Gasteiger partial charge in [0.2, 0.25) is 5.91 Å². The van der Waals surface area contributed by atoms with Crippen LogP contribution < -0.4 is 10.6 Å². The SMILES string of the molecule is CC(C)CC(NC(=O)C(C)C1CNC1)c1ccccc1. The molecule has 1 aliphatic rings. The van der Waals surface area contributed by atoms with E-state index in [-0.39, 0.29) is 17.9 Å². The van der Waals surface area contributed by atoms with Gasteiger partial charge in [0.1, 0.15) is 0 Å². The molecule has 0 radical (unpaired) electrons. The molecule has 0 spiro atoms. The van der Waals surface area contributed by atoms with Gasteiger partial charge in [-0.25, -0.2) is 0 Å². The van der Waals surface area contributed by atoms with Crippen molar-refractivity contribution in [2.75, 3.05) is 13.1 Å². The second-order valence-electron chi connectivity index (χ2n) is 6.31. The Morgan fingerprint density at radius 2 is 1.90 bits per heavy atom. The summed E-state index contributed by atoms with van der Waals surface area (Å²) in [5.74, 6) is 1.33. The fraction of sp³-hybridized carbons (Fsp3) is 0.588. The third-order valence-electron chi connectivity index (χ3n) is 4.16. The van der Waals surface area contributed by atoms with Crippen LogP contribution in [0.3, 0.4) is 0 Å². The Kier molecular flexibility index (Phi) is 5.18. The number of nitrogens with one attached hydrogen (secondary N) is 2. The van der Waals surface area contributed by atoms with E-state index in [0.717, 1.165) is 19.5 Å². The van der Waals surface area contributed by atoms with Crippen LogP contribution in [0, 0.1) is 17.8 Å². The largest absolute Gasteiger partial charge is 0.349 e. The molecule has 1 fully saturated rings. The number of benzene rings is 1. The van der Waals surface area contributed by atoms with E-state index in [4.69, 9.17) is 0 Å². The molecule has 2 atom stereocenters. The van der Waals surface area contributed by atoms with Crippen molar-refractivity contribution in [1.29, 1.82) is 0 Å². The van der Waals surface area contributed by atoms with Gasteiger partial charge in [0.25, 0.3) is 0 Å². The van der Waals surface area contributed by atoms with Gasteiger partial charge in [0.15, 0.2) is 0 Å². The lowest BCUT2D eigenvalue weighted by Crippen LogP contribution is -2.50. The van der Waals surface area contributed by atoms with Crippen molar-refractivity contribution in [3.8, 4) is 0 Å². The maximum atomic E-state index is 12.4. The number of rotatable bonds is 6. The summed E-state index contributed by atoms with van der Waals surface area (Å²) in [6.07, 6.45) is 0.978. The zero-order valence-electron chi connectivity index (χ0n) is 12.7. The lowest BCUT2D eigenvalue weighted by Gasteiger charge is -2.33. The van der Waals surface area contributed by atoms with Crippen molar-refractivity contribution in [3.05, 3.63) is 35.9 Å². The molecule has 2 unspecified atom stereocenters. The Balaban J connectivity index is 2.01. The van der Waals surface area contributed by atoms with Crippen LogP contribution in [0.5, 0.6) is 0 Å². The van der Waals surface area contributed by atoms with E-state index in [1.165, 1.54) is 5.56 Å². The van der Waals surface area contributed by atoms with Crippen molar-refractivity contribution < 1.29 is 4.79 Å². The van der Waals surface area contributed by atoms with Gasteiger partial charge >= 0.3 is 0 Å². The Bertz CT molecular complexity index is 426. The van der Waals surface area contributed by atoms with Crippen LogP contribution in [0.2, 0.25) is 0 Å². The van der Waals surface area contributed by atoms with Crippen molar-refractivity contribution in [2.45, 2.75) is 33.2 Å². The molecule has 1 aliphatic heterocycles. The first-order valence-corrected chi connectivity index (χ1v) is 7.64. The summed E-state index contributed by atoms with van der Waals surface area (Å²) in [6.45, 7) is 8.37. The zero-order chi connectivity index (χ0) is 14.5. The van der Waals surface area contributed by atoms with E-state index in [0.29, 0.717) is 11.8 Å². The summed E-state index contributed by atoms with van der Waals surface area (Å²) >= 11 is 0. The third kappa shape index (κ3) is 3.83. The lowest BCUT2D eigenvalue weighted by atomic mass is 9.87. The average molecular weight is 274 g/mol. The molecular weight excluding hydrogens is 248 g/mol. The predicted molar refractivity (Wildman–Crippen MR) is 82.3 cm³/mol. The first kappa shape index (κ1) is 15.0. The van der Waals surface area contributed by atoms with Crippen LogP contribution in [0.1, 0.15) is 38.8 Å². The van der Waals surface area contributed by atoms with Gasteiger partial charge in [-0.15, -0.1) is 0 Å². The van der Waals surface area contributed by atoms with Gasteiger partial charge in [0, 0.05) is 5.92 Å². The van der Waals surface area contributed by atoms with Gasteiger partial charge < -0.3 is 10.6 Å². The smallest absolute Gasteiger partial charge is 0.223 e. The molecule has 0 aromatic heterocycles. The van der Waals surface area contributed by atoms with Crippen LogP contribution in [-0.4, -0.2) is 19.0 Å². The Morgan fingerprint density at radius 3 is 2.40 bits per heavy atom. The molecule has 0 bridgehead atoms. The van der Waals surface area contributed by atoms with E-state index in [1.54, 1.807) is 0 Å². The van der Waals surface area contributed by atoms with Crippen molar-refractivity contribution in [3.63, 3.8) is 0 Å². The van der Waals surface area contributed by atoms with Crippen LogP contribution in [0.25, 0.3) is 0 Å². The van der Waals surface area contributed by atoms with Gasteiger partial charge in [-0.2, -0.15) is 0 Å². The highest BCUT2D eigenvalue weighted by atomic mass is 16.1. The third-order valence-corrected chi connectivity index (χ3v) is 4.16. The molecule has 1 saturated heterocycles. The summed E-state index contributed by atoms with van der Waals surface area (Å²) in [5.41, 5.74) is 1.20. The predicted octanol–water partition coefficient (Wildman–Crippen LogP) is 2.75. The van der Waals surface area contributed by atoms with E-state index in [2.05, 4.69) is 36.6 Å². The summed E-state index contributed by atoms with van der Waals surface area (Å²) < 4.78 is 0. The molecule has 3 heteroatoms. The average Bonchev–Trinajstić information content (AvgIpc) is 2.36. The minimum Gasteiger partial charge on any atom is -0.349 e. The Morgan fingerprint density at radius 1 is 1.25 bits per heavy atom. The molecule has 1 aromatic carbocycles. The number of hydrogen-bond acceptors (Lipinski definition) is 2. The highest BCUT2D eigenvalue weighted by Gasteiger charge is 2.30. The molecule has 1 heterocycles. The van der Waals surface area contributed by atoms with Gasteiger partial charge in [-0.1, -0.05) is 51.1 Å². The highest BCUT2D eigenvalue weighted by Crippen LogP contribution is 2.23. The molecule has 0 aliphatic carbocycles. The van der Waals surface area contributed by atoms with Crippen LogP contribution in [-0.2, 0) is 4.79 Å². The van der Waals surface area contributed by atoms with Gasteiger partial charge in [-0.3, -0.25) is 4.79 Å². The molecular formula is C17H26N2O. The molecule has 20 heavy (non-hydrogen) atoms. The van der Waals surface area contributed by atoms with Gasteiger partial charge in [-0.05, 0) is 36.9 Å². The van der Waals surface area contributed by atoms with Crippen molar-refractivity contribution in [1.82, 2.24) is 10.6 Å². The van der Waals surface area contributed by atoms with Crippen molar-refractivity contribution in [2.24, 2.45) is 17.8 Å². The maximum Gasteiger partial charge on any atom is 0.223 e. The van der Waals surface area contributed by atoms with E-state index < -0.39 is 0 Å². The van der Waals surface area contributed by atoms with Crippen molar-refractivity contribution >= 4 is 5.91 Å². The summed E-state index contributed by atoms with van der Waals surface area (Å²) in [7, 11) is 0. The van der Waals surface area contributed by atoms with Crippen LogP contribution >= 0.6 is 0 Å². The molecule has 0 saturated carbocycles. The first-order chi connectivity index (χ1) is 9.58. The summed E-state index contributed by atoms with van der Waals surface area (Å²) in [6, 6.07) is 10.4. The molecule has 110 valence electrons. The first-order valence-electron chi connectivity index (χ1n) is 7.64. The number of carbonyl (C=O) groups excluding carboxylic acids is 1. The van der Waals surface area contributed by atoms with E-state index >= 15 is 0 Å². The van der Waals surface area contributed by atoms with Crippen LogP contribution in [0.15, 0.2) is 30.3 Å². The molecule has 2 N–H and O–H groups in total. The second-order valence-corrected chi connectivity index (χ2v) is 6.31. The number of hydrogen-bond donors (Lipinski definition) is 2. The Hall–Kier alpha value is -1.35. The minimum atomic E-state index is 0.0922. The van der Waals surface area contributed by atoms with Crippen LogP contribution in [0.4, 0.5) is 0 Å². The molecule has 1 aromatic rings. The number of carbonyl (C=O) groups is 1. The molecule has 1 amide bonds. The normalized spacial score (nSPS) is 18.4. The fourth-order valence-electron chi connectivity index (χ4n) is 2.62. The monoisotopic (exact) mass is 274 g/mol. The highest BCUT2D eigenvalue weighted by molar-refractivity contribution is 5.79. The second kappa shape index (κ2) is 6.89. The standard InChI is InChI=1S/C17H26N2O/c1-12(2)9-16(14-7-5-4-6-8-14)19-17(20)13(3)15-10-18-11-15/h4-8,12-13,15-16,18H,9-11H2,1-3H3,(H,19,20). The zero-order valence-corrected chi connectivity index (χ0v) is 12.7. The maximum absolute atomic E-state index is 12.4. The van der Waals surface area contributed by atoms with E-state index in [9.17, 15) is 4.79 Å². The molecule has 2 rings (SSSR count). The molecule has 3 nitrogen and oxygen atoms in total. The number of amides is 1. The minimum absolute atomic E-state index is 0.0922. The summed E-state index contributed by atoms with van der Waals surface area (Å²) in [4.78, 5) is 12.4. The van der Waals surface area contributed by atoms with E-state index in [1.807, 2.05) is 25.1 Å². The lowest BCUT2D eigenvalue weighted by molar-refractivity contribution is -0.127. The topological polar surface area (TPSA) is 41.1 Å². The quantitative estimate of drug-likeness (QED) is 0.837.